The zero-order valence-corrected chi connectivity index (χ0v) is 12.4. The SMILES string of the molecule is CCC(CC)(CN)NC(=O)c1ccc([N+](=O)[O-])cc1.Cl. The maximum absolute atomic E-state index is 12.1. The number of nitrogens with two attached hydrogens (primary N) is 1. The molecule has 112 valence electrons. The van der Waals surface area contributed by atoms with Gasteiger partial charge in [0.25, 0.3) is 11.6 Å². The molecule has 0 radical (unpaired) electrons. The Morgan fingerprint density at radius 3 is 2.15 bits per heavy atom. The lowest BCUT2D eigenvalue weighted by Crippen LogP contribution is -2.52. The zero-order chi connectivity index (χ0) is 14.5. The standard InChI is InChI=1S/C13H19N3O3.ClH/c1-3-13(4-2,9-14)15-12(17)10-5-7-11(8-6-10)16(18)19;/h5-8H,3-4,9,14H2,1-2H3,(H,15,17);1H. The second kappa shape index (κ2) is 7.81. The molecule has 0 aliphatic carbocycles. The number of hydrogen-bond donors (Lipinski definition) is 2. The van der Waals surface area contributed by atoms with Crippen LogP contribution in [0.3, 0.4) is 0 Å². The molecule has 20 heavy (non-hydrogen) atoms. The molecule has 1 rings (SSSR count). The number of carbonyl (C=O) groups is 1. The highest BCUT2D eigenvalue weighted by Crippen LogP contribution is 2.16. The highest BCUT2D eigenvalue weighted by Gasteiger charge is 2.26. The molecular formula is C13H20ClN3O3. The van der Waals surface area contributed by atoms with Gasteiger partial charge in [-0.25, -0.2) is 0 Å². The van der Waals surface area contributed by atoms with Crippen molar-refractivity contribution < 1.29 is 9.72 Å². The fraction of sp³-hybridized carbons (Fsp3) is 0.462. The molecular weight excluding hydrogens is 282 g/mol. The average molecular weight is 302 g/mol. The van der Waals surface area contributed by atoms with Crippen LogP contribution in [0.2, 0.25) is 0 Å². The number of amides is 1. The fourth-order valence-electron chi connectivity index (χ4n) is 1.81. The number of rotatable bonds is 6. The van der Waals surface area contributed by atoms with Crippen LogP contribution in [0.5, 0.6) is 0 Å². The van der Waals surface area contributed by atoms with E-state index < -0.39 is 10.5 Å². The molecule has 3 N–H and O–H groups in total. The molecule has 0 aliphatic heterocycles. The van der Waals surface area contributed by atoms with Gasteiger partial charge in [-0.15, -0.1) is 12.4 Å². The van der Waals surface area contributed by atoms with Crippen LogP contribution < -0.4 is 11.1 Å². The van der Waals surface area contributed by atoms with Gasteiger partial charge in [0, 0.05) is 24.2 Å². The average Bonchev–Trinajstić information content (AvgIpc) is 2.45. The van der Waals surface area contributed by atoms with Gasteiger partial charge in [-0.1, -0.05) is 13.8 Å². The molecule has 0 bridgehead atoms. The molecule has 0 unspecified atom stereocenters. The molecule has 7 heteroatoms. The van der Waals surface area contributed by atoms with Gasteiger partial charge in [0.1, 0.15) is 0 Å². The van der Waals surface area contributed by atoms with Crippen molar-refractivity contribution in [3.8, 4) is 0 Å². The molecule has 1 aromatic carbocycles. The van der Waals surface area contributed by atoms with Gasteiger partial charge in [0.2, 0.25) is 0 Å². The van der Waals surface area contributed by atoms with Crippen molar-refractivity contribution in [1.29, 1.82) is 0 Å². The highest BCUT2D eigenvalue weighted by atomic mass is 35.5. The topological polar surface area (TPSA) is 98.3 Å². The van der Waals surface area contributed by atoms with E-state index in [1.807, 2.05) is 13.8 Å². The maximum atomic E-state index is 12.1. The van der Waals surface area contributed by atoms with Crippen molar-refractivity contribution in [2.24, 2.45) is 5.73 Å². The van der Waals surface area contributed by atoms with E-state index in [9.17, 15) is 14.9 Å². The Morgan fingerprint density at radius 2 is 1.80 bits per heavy atom. The third-order valence-electron chi connectivity index (χ3n) is 3.46. The number of nitrogens with one attached hydrogen (secondary N) is 1. The number of nitro groups is 1. The summed E-state index contributed by atoms with van der Waals surface area (Å²) in [4.78, 5) is 22.1. The van der Waals surface area contributed by atoms with Crippen LogP contribution in [0.25, 0.3) is 0 Å². The Labute approximate surface area is 124 Å². The number of halogens is 1. The van der Waals surface area contributed by atoms with Crippen molar-refractivity contribution in [1.82, 2.24) is 5.32 Å². The molecule has 0 saturated heterocycles. The van der Waals surface area contributed by atoms with Gasteiger partial charge in [-0.05, 0) is 25.0 Å². The minimum absolute atomic E-state index is 0. The van der Waals surface area contributed by atoms with E-state index in [0.717, 1.165) is 12.8 Å². The Morgan fingerprint density at radius 1 is 1.30 bits per heavy atom. The van der Waals surface area contributed by atoms with Gasteiger partial charge in [-0.2, -0.15) is 0 Å². The predicted molar refractivity (Wildman–Crippen MR) is 80.2 cm³/mol. The van der Waals surface area contributed by atoms with Crippen molar-refractivity contribution in [2.45, 2.75) is 32.2 Å². The Hall–Kier alpha value is -1.66. The van der Waals surface area contributed by atoms with Crippen LogP contribution in [-0.4, -0.2) is 22.9 Å². The second-order valence-corrected chi connectivity index (χ2v) is 4.45. The molecule has 0 spiro atoms. The minimum atomic E-state index is -0.496. The van der Waals surface area contributed by atoms with Gasteiger partial charge in [0.05, 0.1) is 10.5 Å². The Kier molecular flexibility index (Phi) is 7.17. The maximum Gasteiger partial charge on any atom is 0.269 e. The van der Waals surface area contributed by atoms with Crippen LogP contribution in [-0.2, 0) is 0 Å². The van der Waals surface area contributed by atoms with Gasteiger partial charge >= 0.3 is 0 Å². The molecule has 6 nitrogen and oxygen atoms in total. The second-order valence-electron chi connectivity index (χ2n) is 4.45. The molecule has 0 aliphatic rings. The molecule has 1 amide bonds. The molecule has 1 aromatic rings. The van der Waals surface area contributed by atoms with Crippen LogP contribution in [0, 0.1) is 10.1 Å². The quantitative estimate of drug-likeness (QED) is 0.622. The van der Waals surface area contributed by atoms with E-state index in [2.05, 4.69) is 5.32 Å². The normalized spacial score (nSPS) is 10.6. The summed E-state index contributed by atoms with van der Waals surface area (Å²) >= 11 is 0. The van der Waals surface area contributed by atoms with Crippen molar-refractivity contribution in [3.05, 3.63) is 39.9 Å². The van der Waals surface area contributed by atoms with Crippen LogP contribution >= 0.6 is 12.4 Å². The number of benzene rings is 1. The van der Waals surface area contributed by atoms with Crippen LogP contribution in [0.15, 0.2) is 24.3 Å². The summed E-state index contributed by atoms with van der Waals surface area (Å²) in [6, 6.07) is 5.52. The summed E-state index contributed by atoms with van der Waals surface area (Å²) in [5.41, 5.74) is 5.66. The van der Waals surface area contributed by atoms with Gasteiger partial charge in [0.15, 0.2) is 0 Å². The summed E-state index contributed by atoms with van der Waals surface area (Å²) in [6.45, 7) is 4.29. The third kappa shape index (κ3) is 4.18. The van der Waals surface area contributed by atoms with E-state index in [1.54, 1.807) is 0 Å². The molecule has 0 atom stereocenters. The van der Waals surface area contributed by atoms with E-state index >= 15 is 0 Å². The van der Waals surface area contributed by atoms with E-state index in [1.165, 1.54) is 24.3 Å². The number of carbonyl (C=O) groups excluding carboxylic acids is 1. The first-order valence-corrected chi connectivity index (χ1v) is 6.25. The Bertz CT molecular complexity index is 450. The van der Waals surface area contributed by atoms with Crippen molar-refractivity contribution in [2.75, 3.05) is 6.54 Å². The largest absolute Gasteiger partial charge is 0.345 e. The lowest BCUT2D eigenvalue weighted by Gasteiger charge is -2.31. The molecule has 0 saturated carbocycles. The third-order valence-corrected chi connectivity index (χ3v) is 3.46. The zero-order valence-electron chi connectivity index (χ0n) is 11.6. The summed E-state index contributed by atoms with van der Waals surface area (Å²) in [5.74, 6) is -0.260. The first-order chi connectivity index (χ1) is 8.98. The monoisotopic (exact) mass is 301 g/mol. The lowest BCUT2D eigenvalue weighted by atomic mass is 9.92. The summed E-state index contributed by atoms with van der Waals surface area (Å²) in [6.07, 6.45) is 1.47. The smallest absolute Gasteiger partial charge is 0.269 e. The minimum Gasteiger partial charge on any atom is -0.345 e. The summed E-state index contributed by atoms with van der Waals surface area (Å²) in [5, 5.41) is 13.4. The number of hydrogen-bond acceptors (Lipinski definition) is 4. The van der Waals surface area contributed by atoms with Gasteiger partial charge in [-0.3, -0.25) is 14.9 Å². The van der Waals surface area contributed by atoms with E-state index in [4.69, 9.17) is 5.73 Å². The Balaban J connectivity index is 0.00000361. The number of nitro benzene ring substituents is 1. The lowest BCUT2D eigenvalue weighted by molar-refractivity contribution is -0.384. The fourth-order valence-corrected chi connectivity index (χ4v) is 1.81. The summed E-state index contributed by atoms with van der Waals surface area (Å²) in [7, 11) is 0. The first-order valence-electron chi connectivity index (χ1n) is 6.25. The van der Waals surface area contributed by atoms with Crippen molar-refractivity contribution in [3.63, 3.8) is 0 Å². The highest BCUT2D eigenvalue weighted by molar-refractivity contribution is 5.94. The molecule has 0 heterocycles. The first kappa shape index (κ1) is 18.3. The molecule has 0 fully saturated rings. The van der Waals surface area contributed by atoms with Gasteiger partial charge < -0.3 is 11.1 Å². The summed E-state index contributed by atoms with van der Waals surface area (Å²) < 4.78 is 0. The van der Waals surface area contributed by atoms with Crippen molar-refractivity contribution >= 4 is 24.0 Å². The van der Waals surface area contributed by atoms with Crippen LogP contribution in [0.4, 0.5) is 5.69 Å². The van der Waals surface area contributed by atoms with Crippen LogP contribution in [0.1, 0.15) is 37.0 Å². The predicted octanol–water partition coefficient (Wildman–Crippen LogP) is 2.26. The molecule has 0 aromatic heterocycles. The van der Waals surface area contributed by atoms with E-state index in [0.29, 0.717) is 12.1 Å². The number of nitrogens with zero attached hydrogens (tertiary/aromatic N) is 1. The van der Waals surface area contributed by atoms with E-state index in [-0.39, 0.29) is 24.0 Å². The number of non-ortho nitro benzene ring substituents is 1.